The molecule has 3 heterocycles. The number of nitrogens with one attached hydrogen (secondary N) is 2. The number of piperidine rings is 2. The van der Waals surface area contributed by atoms with Gasteiger partial charge in [-0.1, -0.05) is 30.3 Å². The maximum atomic E-state index is 13.0. The molecule has 1 atom stereocenters. The van der Waals surface area contributed by atoms with Crippen molar-refractivity contribution in [1.29, 1.82) is 0 Å². The van der Waals surface area contributed by atoms with E-state index in [1.165, 1.54) is 24.8 Å². The Labute approximate surface area is 200 Å². The number of rotatable bonds is 5. The number of aliphatic hydroxyl groups excluding tert-OH is 1. The predicted molar refractivity (Wildman–Crippen MR) is 133 cm³/mol. The topological polar surface area (TPSA) is 84.9 Å². The van der Waals surface area contributed by atoms with Gasteiger partial charge in [-0.25, -0.2) is 0 Å². The highest BCUT2D eigenvalue weighted by atomic mass is 16.3. The van der Waals surface area contributed by atoms with Crippen LogP contribution in [0.25, 0.3) is 0 Å². The van der Waals surface area contributed by atoms with Gasteiger partial charge in [-0.15, -0.1) is 0 Å². The van der Waals surface area contributed by atoms with Crippen LogP contribution in [0.5, 0.6) is 0 Å². The number of benzene rings is 2. The van der Waals surface area contributed by atoms with Crippen molar-refractivity contribution in [2.75, 3.05) is 36.4 Å². The van der Waals surface area contributed by atoms with Gasteiger partial charge >= 0.3 is 0 Å². The molecule has 0 bridgehead atoms. The molecule has 1 spiro atoms. The third-order valence-corrected chi connectivity index (χ3v) is 7.16. The molecule has 1 unspecified atom stereocenters. The Morgan fingerprint density at radius 2 is 1.71 bits per heavy atom. The summed E-state index contributed by atoms with van der Waals surface area (Å²) >= 11 is 0. The van der Waals surface area contributed by atoms with Gasteiger partial charge in [-0.05, 0) is 68.5 Å². The van der Waals surface area contributed by atoms with E-state index in [-0.39, 0.29) is 11.3 Å². The number of hydrogen-bond acceptors (Lipinski definition) is 5. The minimum atomic E-state index is -0.908. The molecule has 7 heteroatoms. The number of anilines is 2. The molecule has 2 fully saturated rings. The third-order valence-electron chi connectivity index (χ3n) is 7.16. The minimum absolute atomic E-state index is 0.141. The molecule has 7 nitrogen and oxygen atoms in total. The van der Waals surface area contributed by atoms with E-state index in [1.54, 1.807) is 0 Å². The van der Waals surface area contributed by atoms with E-state index >= 15 is 0 Å². The van der Waals surface area contributed by atoms with Crippen LogP contribution >= 0.6 is 0 Å². The number of amides is 2. The van der Waals surface area contributed by atoms with Gasteiger partial charge in [0.25, 0.3) is 11.8 Å². The average Bonchev–Trinajstić information content (AvgIpc) is 3.09. The Balaban J connectivity index is 1.28. The molecule has 2 aromatic carbocycles. The van der Waals surface area contributed by atoms with Crippen molar-refractivity contribution in [3.05, 3.63) is 71.5 Å². The van der Waals surface area contributed by atoms with Crippen molar-refractivity contribution < 1.29 is 14.7 Å². The zero-order valence-electron chi connectivity index (χ0n) is 19.4. The van der Waals surface area contributed by atoms with Crippen molar-refractivity contribution in [2.24, 2.45) is 0 Å². The molecule has 2 aromatic rings. The fraction of sp³-hybridized carbons (Fsp3) is 0.407. The van der Waals surface area contributed by atoms with Gasteiger partial charge < -0.3 is 20.6 Å². The molecular formula is C27H32N4O3. The second-order valence-electron chi connectivity index (χ2n) is 9.61. The number of likely N-dealkylation sites (tertiary alicyclic amines) is 1. The van der Waals surface area contributed by atoms with Gasteiger partial charge in [0.2, 0.25) is 0 Å². The quantitative estimate of drug-likeness (QED) is 0.594. The molecule has 2 saturated heterocycles. The number of aliphatic hydroxyl groups is 1. The van der Waals surface area contributed by atoms with E-state index in [0.29, 0.717) is 18.7 Å². The summed E-state index contributed by atoms with van der Waals surface area (Å²) in [4.78, 5) is 30.4. The van der Waals surface area contributed by atoms with Gasteiger partial charge in [-0.2, -0.15) is 0 Å². The van der Waals surface area contributed by atoms with Crippen LogP contribution in [0.4, 0.5) is 11.4 Å². The molecule has 34 heavy (non-hydrogen) atoms. The van der Waals surface area contributed by atoms with Crippen molar-refractivity contribution in [3.8, 4) is 0 Å². The van der Waals surface area contributed by atoms with Gasteiger partial charge in [-0.3, -0.25) is 14.5 Å². The van der Waals surface area contributed by atoms with Gasteiger partial charge in [0.15, 0.2) is 0 Å². The Kier molecular flexibility index (Phi) is 6.28. The van der Waals surface area contributed by atoms with Crippen LogP contribution in [0, 0.1) is 0 Å². The largest absolute Gasteiger partial charge is 0.509 e. The number of nitrogens with zero attached hydrogens (tertiary/aromatic N) is 2. The molecule has 2 amide bonds. The summed E-state index contributed by atoms with van der Waals surface area (Å²) in [6.07, 6.45) is 5.11. The fourth-order valence-corrected chi connectivity index (χ4v) is 5.41. The first-order valence-corrected chi connectivity index (χ1v) is 12.2. The van der Waals surface area contributed by atoms with E-state index in [1.807, 2.05) is 42.5 Å². The summed E-state index contributed by atoms with van der Waals surface area (Å²) < 4.78 is 0. The summed E-state index contributed by atoms with van der Waals surface area (Å²) in [5, 5.41) is 16.8. The molecule has 178 valence electrons. The molecule has 5 rings (SSSR count). The Bertz CT molecular complexity index is 1080. The zero-order valence-corrected chi connectivity index (χ0v) is 19.4. The highest BCUT2D eigenvalue weighted by Crippen LogP contribution is 2.35. The van der Waals surface area contributed by atoms with E-state index < -0.39 is 17.4 Å². The van der Waals surface area contributed by atoms with Crippen LogP contribution in [-0.4, -0.2) is 53.5 Å². The molecule has 0 saturated carbocycles. The molecule has 3 aliphatic heterocycles. The van der Waals surface area contributed by atoms with E-state index in [0.717, 1.165) is 38.3 Å². The normalized spacial score (nSPS) is 23.3. The first-order chi connectivity index (χ1) is 16.5. The van der Waals surface area contributed by atoms with Gasteiger partial charge in [0, 0.05) is 37.6 Å². The van der Waals surface area contributed by atoms with Crippen LogP contribution in [0.3, 0.4) is 0 Å². The first kappa shape index (κ1) is 22.5. The lowest BCUT2D eigenvalue weighted by Gasteiger charge is -2.40. The highest BCUT2D eigenvalue weighted by Gasteiger charge is 2.49. The van der Waals surface area contributed by atoms with Crippen molar-refractivity contribution in [1.82, 2.24) is 10.2 Å². The molecular weight excluding hydrogens is 428 g/mol. The molecule has 3 aliphatic rings. The lowest BCUT2D eigenvalue weighted by atomic mass is 9.87. The highest BCUT2D eigenvalue weighted by molar-refractivity contribution is 6.25. The van der Waals surface area contributed by atoms with Crippen LogP contribution in [0.2, 0.25) is 0 Å². The zero-order chi connectivity index (χ0) is 23.5. The Morgan fingerprint density at radius 1 is 0.971 bits per heavy atom. The lowest BCUT2D eigenvalue weighted by Crippen LogP contribution is -2.56. The maximum Gasteiger partial charge on any atom is 0.264 e. The van der Waals surface area contributed by atoms with Crippen molar-refractivity contribution >= 4 is 23.2 Å². The third kappa shape index (κ3) is 4.53. The summed E-state index contributed by atoms with van der Waals surface area (Å²) in [6, 6.07) is 17.8. The predicted octanol–water partition coefficient (Wildman–Crippen LogP) is 3.59. The summed E-state index contributed by atoms with van der Waals surface area (Å²) in [5.41, 5.74) is 1.83. The number of carbonyl (C=O) groups excluding carboxylic acids is 2. The van der Waals surface area contributed by atoms with E-state index in [4.69, 9.17) is 0 Å². The van der Waals surface area contributed by atoms with Crippen LogP contribution in [-0.2, 0) is 16.1 Å². The SMILES string of the molecule is O=C(Nc1ccc(N2CCCCC2)cc1)C1=C(O)C2(CCCN(Cc3ccccc3)C2)NC1=O. The minimum Gasteiger partial charge on any atom is -0.509 e. The second kappa shape index (κ2) is 9.50. The van der Waals surface area contributed by atoms with Crippen molar-refractivity contribution in [3.63, 3.8) is 0 Å². The summed E-state index contributed by atoms with van der Waals surface area (Å²) in [7, 11) is 0. The number of hydrogen-bond donors (Lipinski definition) is 3. The van der Waals surface area contributed by atoms with Crippen molar-refractivity contribution in [2.45, 2.75) is 44.2 Å². The van der Waals surface area contributed by atoms with Crippen LogP contribution < -0.4 is 15.5 Å². The molecule has 0 radical (unpaired) electrons. The summed E-state index contributed by atoms with van der Waals surface area (Å²) in [6.45, 7) is 4.19. The monoisotopic (exact) mass is 460 g/mol. The molecule has 0 aliphatic carbocycles. The van der Waals surface area contributed by atoms with Gasteiger partial charge in [0.05, 0.1) is 0 Å². The summed E-state index contributed by atoms with van der Waals surface area (Å²) in [5.74, 6) is -1.23. The maximum absolute atomic E-state index is 13.0. The Morgan fingerprint density at radius 3 is 2.44 bits per heavy atom. The van der Waals surface area contributed by atoms with E-state index in [2.05, 4.69) is 32.6 Å². The molecule has 0 aromatic heterocycles. The van der Waals surface area contributed by atoms with Crippen LogP contribution in [0.15, 0.2) is 65.9 Å². The molecule has 3 N–H and O–H groups in total. The lowest BCUT2D eigenvalue weighted by molar-refractivity contribution is -0.121. The van der Waals surface area contributed by atoms with Crippen LogP contribution in [0.1, 0.15) is 37.7 Å². The smallest absolute Gasteiger partial charge is 0.264 e. The Hall–Kier alpha value is -3.32. The number of carbonyl (C=O) groups is 2. The fourth-order valence-electron chi connectivity index (χ4n) is 5.41. The second-order valence-corrected chi connectivity index (χ2v) is 9.61. The standard InChI is InChI=1S/C27H32N4O3/c32-24-23(25(33)28-21-10-12-22(13-11-21)31-16-5-2-6-17-31)26(34)29-27(24)14-7-15-30(19-27)18-20-8-3-1-4-9-20/h1,3-4,8-13,32H,2,5-7,14-19H2,(H,28,33)(H,29,34). The first-order valence-electron chi connectivity index (χ1n) is 12.2. The van der Waals surface area contributed by atoms with Gasteiger partial charge in [0.1, 0.15) is 16.9 Å². The van der Waals surface area contributed by atoms with E-state index in [9.17, 15) is 14.7 Å². The average molecular weight is 461 g/mol.